The van der Waals surface area contributed by atoms with E-state index in [2.05, 4.69) is 9.24 Å². The number of amides is 1. The number of hydrogen-bond donors (Lipinski definition) is 5. The summed E-state index contributed by atoms with van der Waals surface area (Å²) in [5.74, 6) is -3.19. The number of hydrogen-bond acceptors (Lipinski definition) is 14. The maximum atomic E-state index is 14.5. The van der Waals surface area contributed by atoms with Gasteiger partial charge in [-0.1, -0.05) is 65.7 Å². The number of methoxy groups -OCH3 is 1. The molecule has 0 bridgehead atoms. The first-order valence-corrected chi connectivity index (χ1v) is 25.7. The lowest BCUT2D eigenvalue weighted by Crippen LogP contribution is -2.60. The van der Waals surface area contributed by atoms with Crippen LogP contribution < -0.4 is 0 Å². The Labute approximate surface area is 394 Å². The second kappa shape index (κ2) is 26.2. The second-order valence-corrected chi connectivity index (χ2v) is 21.6. The molecule has 3 saturated heterocycles. The molecule has 3 rings (SSSR count). The molecule has 382 valence electrons. The van der Waals surface area contributed by atoms with Crippen LogP contribution in [0.15, 0.2) is 0 Å². The van der Waals surface area contributed by atoms with E-state index in [0.717, 1.165) is 25.4 Å². The summed E-state index contributed by atoms with van der Waals surface area (Å²) in [7, 11) is 8.04. The van der Waals surface area contributed by atoms with Gasteiger partial charge in [0.2, 0.25) is 5.91 Å². The molecular formula is C49H93N2O13P. The first-order chi connectivity index (χ1) is 30.4. The summed E-state index contributed by atoms with van der Waals surface area (Å²) in [6.45, 7) is 17.4. The SMILES string of the molecule is CC[C@H]1OC(=O)[C@H](C)[C@@H](O[C@H]2C[C@@](C)(OC)[C@@H](O)[C@H](C)O2)[C@H](C)[C@@H](O[C@@H]2O[C@H](C)C[C@H](N(C)C)[C@H]2O)[C@](C)(O)C[C@@H](C)CN(C(=O)CCCCCCCCCCCP)[C@H](C)[C@@H](O)[C@]1(C)O. The lowest BCUT2D eigenvalue weighted by molar-refractivity contribution is -0.318. The van der Waals surface area contributed by atoms with Crippen molar-refractivity contribution in [2.75, 3.05) is 33.9 Å². The highest BCUT2D eigenvalue weighted by molar-refractivity contribution is 7.16. The fraction of sp³-hybridized carbons (Fsp3) is 0.959. The molecule has 15 nitrogen and oxygen atoms in total. The molecule has 19 atom stereocenters. The minimum atomic E-state index is -1.98. The van der Waals surface area contributed by atoms with Crippen molar-refractivity contribution in [3.05, 3.63) is 0 Å². The van der Waals surface area contributed by atoms with Crippen molar-refractivity contribution in [1.29, 1.82) is 0 Å². The van der Waals surface area contributed by atoms with Gasteiger partial charge in [0.25, 0.3) is 0 Å². The zero-order valence-electron chi connectivity index (χ0n) is 42.4. The first-order valence-electron chi connectivity index (χ1n) is 24.9. The van der Waals surface area contributed by atoms with Crippen LogP contribution in [0.3, 0.4) is 0 Å². The third kappa shape index (κ3) is 15.7. The van der Waals surface area contributed by atoms with Crippen molar-refractivity contribution in [3.63, 3.8) is 0 Å². The molecule has 3 heterocycles. The first kappa shape index (κ1) is 58.2. The lowest BCUT2D eigenvalue weighted by atomic mass is 9.77. The smallest absolute Gasteiger partial charge is 0.311 e. The van der Waals surface area contributed by atoms with Crippen LogP contribution in [0, 0.1) is 17.8 Å². The number of aliphatic hydroxyl groups excluding tert-OH is 3. The Bertz CT molecular complexity index is 1430. The molecular weight excluding hydrogens is 856 g/mol. The summed E-state index contributed by atoms with van der Waals surface area (Å²) in [6.07, 6.45) is 1.98. The lowest BCUT2D eigenvalue weighted by Gasteiger charge is -2.48. The van der Waals surface area contributed by atoms with Gasteiger partial charge in [-0.15, -0.1) is 9.24 Å². The van der Waals surface area contributed by atoms with E-state index in [1.807, 2.05) is 32.8 Å². The third-order valence-electron chi connectivity index (χ3n) is 14.8. The molecule has 1 unspecified atom stereocenters. The molecule has 0 aromatic rings. The Kier molecular flexibility index (Phi) is 23.5. The Morgan fingerprint density at radius 1 is 0.862 bits per heavy atom. The second-order valence-electron chi connectivity index (χ2n) is 21.0. The summed E-state index contributed by atoms with van der Waals surface area (Å²) in [4.78, 5) is 32.3. The van der Waals surface area contributed by atoms with Gasteiger partial charge < -0.3 is 63.8 Å². The summed E-state index contributed by atoms with van der Waals surface area (Å²) in [5.41, 5.74) is -4.73. The quantitative estimate of drug-likeness (QED) is 0.0650. The van der Waals surface area contributed by atoms with Gasteiger partial charge in [-0.3, -0.25) is 9.59 Å². The molecule has 1 amide bonds. The fourth-order valence-corrected chi connectivity index (χ4v) is 10.9. The van der Waals surface area contributed by atoms with Crippen LogP contribution in [0.25, 0.3) is 0 Å². The fourth-order valence-electron chi connectivity index (χ4n) is 10.6. The molecule has 0 aromatic heterocycles. The molecule has 0 radical (unpaired) electrons. The number of carbonyl (C=O) groups excluding carboxylic acids is 2. The van der Waals surface area contributed by atoms with Crippen LogP contribution in [0.2, 0.25) is 0 Å². The number of aliphatic hydroxyl groups is 5. The standard InChI is InChI=1S/C49H93N2O13P/c1-14-37-49(10,58)42(54)34(6)51(38(52)24-22-20-18-16-15-17-19-21-23-25-65)29-30(2)27-47(8,57)44(64-46-40(53)36(50(11)12)26-31(3)60-46)32(4)41(33(5)45(56)62-37)63-39-28-48(9,59-13)43(55)35(7)61-39/h30-37,39-44,46,53-55,57-58H,14-29,65H2,1-13H3/t30-,31-,32+,33-,34-,35+,36+,37-,39+,40-,41+,42-,43+,44-,46+,47-,48-,49-/m1/s1. The maximum Gasteiger partial charge on any atom is 0.311 e. The van der Waals surface area contributed by atoms with Gasteiger partial charge in [0.15, 0.2) is 12.6 Å². The number of nitrogens with zero attached hydrogens (tertiary/aromatic N) is 2. The number of rotatable bonds is 18. The Hall–Kier alpha value is -1.07. The molecule has 3 aliphatic heterocycles. The zero-order chi connectivity index (χ0) is 49.0. The van der Waals surface area contributed by atoms with Gasteiger partial charge in [0, 0.05) is 38.5 Å². The molecule has 3 fully saturated rings. The molecule has 0 aliphatic carbocycles. The molecule has 16 heteroatoms. The van der Waals surface area contributed by atoms with Gasteiger partial charge >= 0.3 is 5.97 Å². The number of carbonyl (C=O) groups is 2. The van der Waals surface area contributed by atoms with Crippen LogP contribution in [0.5, 0.6) is 0 Å². The highest BCUT2D eigenvalue weighted by Crippen LogP contribution is 2.40. The van der Waals surface area contributed by atoms with E-state index in [-0.39, 0.29) is 56.2 Å². The van der Waals surface area contributed by atoms with Crippen molar-refractivity contribution in [3.8, 4) is 0 Å². The molecule has 0 spiro atoms. The van der Waals surface area contributed by atoms with E-state index >= 15 is 0 Å². The van der Waals surface area contributed by atoms with Gasteiger partial charge in [-0.25, -0.2) is 0 Å². The van der Waals surface area contributed by atoms with Crippen LogP contribution in [-0.2, 0) is 38.0 Å². The van der Waals surface area contributed by atoms with Crippen molar-refractivity contribution in [2.45, 2.75) is 249 Å². The van der Waals surface area contributed by atoms with E-state index in [1.165, 1.54) is 46.1 Å². The molecule has 0 saturated carbocycles. The number of esters is 1. The van der Waals surface area contributed by atoms with Crippen molar-refractivity contribution < 1.29 is 63.5 Å². The topological polar surface area (TPSA) is 197 Å². The predicted molar refractivity (Wildman–Crippen MR) is 254 cm³/mol. The molecule has 0 aromatic carbocycles. The van der Waals surface area contributed by atoms with Crippen molar-refractivity contribution >= 4 is 21.1 Å². The van der Waals surface area contributed by atoms with Gasteiger partial charge in [0.1, 0.15) is 30.0 Å². The van der Waals surface area contributed by atoms with Crippen LogP contribution in [-0.4, -0.2) is 171 Å². The maximum absolute atomic E-state index is 14.5. The molecule has 3 aliphatic rings. The van der Waals surface area contributed by atoms with E-state index < -0.39 is 96.0 Å². The summed E-state index contributed by atoms with van der Waals surface area (Å²) in [6, 6.07) is -1.21. The largest absolute Gasteiger partial charge is 0.459 e. The van der Waals surface area contributed by atoms with Crippen LogP contribution in [0.1, 0.15) is 159 Å². The Morgan fingerprint density at radius 3 is 2.00 bits per heavy atom. The molecule has 5 N–H and O–H groups in total. The predicted octanol–water partition coefficient (Wildman–Crippen LogP) is 5.57. The van der Waals surface area contributed by atoms with E-state index in [1.54, 1.807) is 53.4 Å². The number of cyclic esters (lactones) is 1. The number of ether oxygens (including phenoxy) is 6. The van der Waals surface area contributed by atoms with Crippen molar-refractivity contribution in [1.82, 2.24) is 9.80 Å². The minimum Gasteiger partial charge on any atom is -0.459 e. The monoisotopic (exact) mass is 949 g/mol. The number of unbranched alkanes of at least 4 members (excludes halogenated alkanes) is 8. The van der Waals surface area contributed by atoms with Gasteiger partial charge in [0.05, 0.1) is 47.6 Å². The summed E-state index contributed by atoms with van der Waals surface area (Å²) in [5, 5.41) is 59.8. The highest BCUT2D eigenvalue weighted by Gasteiger charge is 2.53. The summed E-state index contributed by atoms with van der Waals surface area (Å²) >= 11 is 0. The van der Waals surface area contributed by atoms with E-state index in [4.69, 9.17) is 28.4 Å². The highest BCUT2D eigenvalue weighted by atomic mass is 31.0. The summed E-state index contributed by atoms with van der Waals surface area (Å²) < 4.78 is 38.0. The van der Waals surface area contributed by atoms with Gasteiger partial charge in [-0.05, 0) is 107 Å². The van der Waals surface area contributed by atoms with Crippen molar-refractivity contribution in [2.24, 2.45) is 17.8 Å². The zero-order valence-corrected chi connectivity index (χ0v) is 43.6. The number of likely N-dealkylation sites (N-methyl/N-ethyl adjacent to an activating group) is 1. The third-order valence-corrected chi connectivity index (χ3v) is 15.2. The average Bonchev–Trinajstić information content (AvgIpc) is 3.24. The Morgan fingerprint density at radius 2 is 1.45 bits per heavy atom. The average molecular weight is 949 g/mol. The molecule has 65 heavy (non-hydrogen) atoms. The van der Waals surface area contributed by atoms with E-state index in [9.17, 15) is 35.1 Å². The normalized spacial score (nSPS) is 41.8. The van der Waals surface area contributed by atoms with E-state index in [0.29, 0.717) is 12.8 Å². The minimum absolute atomic E-state index is 0.0889. The van der Waals surface area contributed by atoms with Crippen LogP contribution >= 0.6 is 9.24 Å². The van der Waals surface area contributed by atoms with Crippen LogP contribution in [0.4, 0.5) is 0 Å². The Balaban J connectivity index is 2.08. The van der Waals surface area contributed by atoms with Gasteiger partial charge in [-0.2, -0.15) is 0 Å².